The molecule has 0 aromatic carbocycles. The summed E-state index contributed by atoms with van der Waals surface area (Å²) in [5, 5.41) is 0. The van der Waals surface area contributed by atoms with Crippen LogP contribution in [0.25, 0.3) is 4.13 Å². The summed E-state index contributed by atoms with van der Waals surface area (Å²) in [7, 11) is -11.3. The second-order valence-corrected chi connectivity index (χ2v) is 9.12. The van der Waals surface area contributed by atoms with Crippen molar-refractivity contribution in [2.24, 2.45) is 7.05 Å². The van der Waals surface area contributed by atoms with E-state index in [4.69, 9.17) is 0 Å². The lowest BCUT2D eigenvalue weighted by Crippen LogP contribution is -2.33. The average molecular weight is 461 g/mol. The highest BCUT2D eigenvalue weighted by atomic mass is 32.3. The number of imidazole rings is 1. The Hall–Kier alpha value is -1.35. The first-order valence-corrected chi connectivity index (χ1v) is 10.6. The highest BCUT2D eigenvalue weighted by Crippen LogP contribution is 2.36. The molecule has 0 amide bonds. The molecule has 1 aromatic rings. The second-order valence-electron chi connectivity index (χ2n) is 5.70. The fraction of sp³-hybridized carbons (Fsp3) is 0.769. The number of alkyl halides is 6. The summed E-state index contributed by atoms with van der Waals surface area (Å²) in [5.74, 6) is 1.36. The van der Waals surface area contributed by atoms with E-state index in [2.05, 4.69) is 43.9 Å². The van der Waals surface area contributed by atoms with Gasteiger partial charge < -0.3 is 4.13 Å². The molecular formula is C13H21F6N3O4S2. The van der Waals surface area contributed by atoms with E-state index in [1.807, 2.05) is 0 Å². The Balaban J connectivity index is 0.000000525. The van der Waals surface area contributed by atoms with Gasteiger partial charge in [0.2, 0.25) is 0 Å². The summed E-state index contributed by atoms with van der Waals surface area (Å²) in [6.07, 6.45) is 2.54. The zero-order chi connectivity index (χ0) is 22.7. The van der Waals surface area contributed by atoms with Crippen molar-refractivity contribution in [1.82, 2.24) is 4.57 Å². The van der Waals surface area contributed by atoms with Gasteiger partial charge in [-0.05, 0) is 6.42 Å². The second kappa shape index (κ2) is 8.98. The minimum absolute atomic E-state index is 0.778. The molecule has 1 rings (SSSR count). The van der Waals surface area contributed by atoms with E-state index < -0.39 is 31.1 Å². The third-order valence-electron chi connectivity index (χ3n) is 3.82. The molecular weight excluding hydrogens is 440 g/mol. The first-order chi connectivity index (χ1) is 12.3. The number of sulfonamides is 2. The summed E-state index contributed by atoms with van der Waals surface area (Å²) in [6.45, 7) is 9.98. The van der Waals surface area contributed by atoms with Crippen molar-refractivity contribution in [3.63, 3.8) is 0 Å². The quantitative estimate of drug-likeness (QED) is 0.498. The number of rotatable bonds is 5. The average Bonchev–Trinajstić information content (AvgIpc) is 2.67. The normalized spacial score (nSPS) is 13.2. The van der Waals surface area contributed by atoms with E-state index >= 15 is 0 Å². The van der Waals surface area contributed by atoms with E-state index in [1.54, 1.807) is 0 Å². The molecule has 0 N–H and O–H groups in total. The highest BCUT2D eigenvalue weighted by molar-refractivity contribution is 8.13. The maximum absolute atomic E-state index is 11.4. The van der Waals surface area contributed by atoms with Crippen molar-refractivity contribution in [3.05, 3.63) is 21.3 Å². The van der Waals surface area contributed by atoms with Crippen molar-refractivity contribution >= 4 is 20.0 Å². The molecule has 0 unspecified atom stereocenters. The van der Waals surface area contributed by atoms with Crippen molar-refractivity contribution in [2.45, 2.75) is 58.1 Å². The SMILES string of the molecule is CCCCn1c(C)c(C)[n+](C)c1C.O=S(=O)([N-]S(=O)(=O)C(F)(F)F)C(F)(F)F. The molecule has 0 atom stereocenters. The number of hydrogen-bond donors (Lipinski definition) is 0. The minimum Gasteiger partial charge on any atom is -0.421 e. The fourth-order valence-corrected chi connectivity index (χ4v) is 3.67. The lowest BCUT2D eigenvalue weighted by atomic mass is 10.3. The summed E-state index contributed by atoms with van der Waals surface area (Å²) in [4.78, 5) is 0. The Bertz CT molecular complexity index is 819. The number of hydrogen-bond acceptors (Lipinski definition) is 4. The first kappa shape index (κ1) is 26.6. The molecule has 0 aliphatic rings. The Labute approximate surface area is 159 Å². The highest BCUT2D eigenvalue weighted by Gasteiger charge is 2.46. The monoisotopic (exact) mass is 461 g/mol. The van der Waals surface area contributed by atoms with Crippen LogP contribution in [-0.4, -0.2) is 32.4 Å². The van der Waals surface area contributed by atoms with Crippen LogP contribution in [0.15, 0.2) is 0 Å². The number of unbranched alkanes of at least 4 members (excludes halogenated alkanes) is 1. The third-order valence-corrected chi connectivity index (χ3v) is 6.56. The molecule has 0 aliphatic heterocycles. The predicted molar refractivity (Wildman–Crippen MR) is 88.0 cm³/mol. The van der Waals surface area contributed by atoms with Crippen LogP contribution in [0.3, 0.4) is 0 Å². The molecule has 0 radical (unpaired) electrons. The zero-order valence-corrected chi connectivity index (χ0v) is 17.3. The topological polar surface area (TPSA) is 91.2 Å². The van der Waals surface area contributed by atoms with Gasteiger partial charge in [0, 0.05) is 20.8 Å². The van der Waals surface area contributed by atoms with Gasteiger partial charge in [0.25, 0.3) is 5.82 Å². The van der Waals surface area contributed by atoms with Crippen molar-refractivity contribution < 1.29 is 47.7 Å². The lowest BCUT2D eigenvalue weighted by Gasteiger charge is -2.22. The molecule has 0 saturated carbocycles. The van der Waals surface area contributed by atoms with Crippen LogP contribution < -0.4 is 4.57 Å². The molecule has 1 aromatic heterocycles. The standard InChI is InChI=1S/C11H21N2.C2F6NO4S2/c1-6-7-8-13-10(3)9(2)12(5)11(13)4;3-1(4,5)14(10,11)9-15(12,13)2(6,7)8/h6-8H2,1-5H3;/q+1;-1. The minimum atomic E-state index is -6.72. The molecule has 0 fully saturated rings. The molecule has 1 heterocycles. The third kappa shape index (κ3) is 6.34. The molecule has 0 saturated heterocycles. The molecule has 0 spiro atoms. The molecule has 0 bridgehead atoms. The molecule has 7 nitrogen and oxygen atoms in total. The van der Waals surface area contributed by atoms with Gasteiger partial charge in [-0.1, -0.05) is 13.3 Å². The van der Waals surface area contributed by atoms with Gasteiger partial charge >= 0.3 is 11.0 Å². The maximum Gasteiger partial charge on any atom is 0.480 e. The van der Waals surface area contributed by atoms with E-state index in [9.17, 15) is 43.2 Å². The van der Waals surface area contributed by atoms with Crippen LogP contribution in [0.2, 0.25) is 0 Å². The number of aromatic nitrogens is 2. The maximum atomic E-state index is 11.4. The fourth-order valence-electron chi connectivity index (χ4n) is 1.96. The van der Waals surface area contributed by atoms with Crippen molar-refractivity contribution in [3.8, 4) is 0 Å². The Kier molecular flexibility index (Phi) is 8.55. The van der Waals surface area contributed by atoms with Crippen molar-refractivity contribution in [1.29, 1.82) is 0 Å². The number of nitrogens with zero attached hydrogens (tertiary/aromatic N) is 3. The Morgan fingerprint density at radius 3 is 1.57 bits per heavy atom. The largest absolute Gasteiger partial charge is 0.480 e. The van der Waals surface area contributed by atoms with Gasteiger partial charge in [-0.15, -0.1) is 0 Å². The van der Waals surface area contributed by atoms with E-state index in [0.29, 0.717) is 0 Å². The summed E-state index contributed by atoms with van der Waals surface area (Å²) < 4.78 is 114. The van der Waals surface area contributed by atoms with Crippen LogP contribution in [0.5, 0.6) is 0 Å². The smallest absolute Gasteiger partial charge is 0.421 e. The van der Waals surface area contributed by atoms with Gasteiger partial charge in [-0.25, -0.2) is 26.0 Å². The summed E-state index contributed by atoms with van der Waals surface area (Å²) in [6, 6.07) is 0. The van der Waals surface area contributed by atoms with Gasteiger partial charge in [0.05, 0.1) is 13.6 Å². The van der Waals surface area contributed by atoms with Gasteiger partial charge in [0.1, 0.15) is 11.4 Å². The number of halogens is 6. The van der Waals surface area contributed by atoms with E-state index in [0.717, 1.165) is 10.7 Å². The van der Waals surface area contributed by atoms with Crippen molar-refractivity contribution in [2.75, 3.05) is 0 Å². The van der Waals surface area contributed by atoms with E-state index in [1.165, 1.54) is 30.1 Å². The Morgan fingerprint density at radius 1 is 0.929 bits per heavy atom. The lowest BCUT2D eigenvalue weighted by molar-refractivity contribution is -0.683. The summed E-state index contributed by atoms with van der Waals surface area (Å²) in [5.41, 5.74) is -9.61. The molecule has 0 aliphatic carbocycles. The van der Waals surface area contributed by atoms with Gasteiger partial charge in [-0.3, -0.25) is 0 Å². The van der Waals surface area contributed by atoms with Crippen LogP contribution in [-0.2, 0) is 33.6 Å². The predicted octanol–water partition coefficient (Wildman–Crippen LogP) is 3.10. The molecule has 28 heavy (non-hydrogen) atoms. The van der Waals surface area contributed by atoms with Gasteiger partial charge in [0.15, 0.2) is 20.0 Å². The van der Waals surface area contributed by atoms with Crippen LogP contribution in [0.1, 0.15) is 37.0 Å². The first-order valence-electron chi connectivity index (χ1n) is 7.69. The molecule has 15 heteroatoms. The zero-order valence-electron chi connectivity index (χ0n) is 15.7. The van der Waals surface area contributed by atoms with Gasteiger partial charge in [-0.2, -0.15) is 26.3 Å². The van der Waals surface area contributed by atoms with Crippen LogP contribution in [0, 0.1) is 20.8 Å². The van der Waals surface area contributed by atoms with Crippen LogP contribution >= 0.6 is 0 Å². The molecule has 166 valence electrons. The van der Waals surface area contributed by atoms with E-state index in [-0.39, 0.29) is 0 Å². The summed E-state index contributed by atoms with van der Waals surface area (Å²) >= 11 is 0. The van der Waals surface area contributed by atoms with Crippen LogP contribution in [0.4, 0.5) is 26.3 Å². The Morgan fingerprint density at radius 2 is 1.32 bits per heavy atom.